The van der Waals surface area contributed by atoms with Gasteiger partial charge in [-0.05, 0) is 24.5 Å². The Balaban J connectivity index is 2.21. The van der Waals surface area contributed by atoms with E-state index in [1.807, 2.05) is 18.2 Å². The molecule has 2 heteroatoms. The van der Waals surface area contributed by atoms with Gasteiger partial charge in [0.05, 0.1) is 0 Å². The number of alkyl halides is 1. The van der Waals surface area contributed by atoms with Crippen LogP contribution < -0.4 is 0 Å². The third-order valence-electron chi connectivity index (χ3n) is 3.02. The second-order valence-electron chi connectivity index (χ2n) is 4.60. The summed E-state index contributed by atoms with van der Waals surface area (Å²) < 4.78 is 0. The molecule has 17 heavy (non-hydrogen) atoms. The molecule has 0 heterocycles. The van der Waals surface area contributed by atoms with Gasteiger partial charge in [0.15, 0.2) is 0 Å². The maximum absolute atomic E-state index is 6.34. The van der Waals surface area contributed by atoms with Gasteiger partial charge in [0.25, 0.3) is 0 Å². The number of benzene rings is 1. The second-order valence-corrected chi connectivity index (χ2v) is 5.62. The van der Waals surface area contributed by atoms with Gasteiger partial charge in [0.2, 0.25) is 0 Å². The molecule has 0 spiro atoms. The lowest BCUT2D eigenvalue weighted by Crippen LogP contribution is -2.03. The Morgan fingerprint density at radius 1 is 1.06 bits per heavy atom. The maximum Gasteiger partial charge on any atom is 0.0438 e. The van der Waals surface area contributed by atoms with Crippen LogP contribution in [0.5, 0.6) is 0 Å². The van der Waals surface area contributed by atoms with Crippen molar-refractivity contribution >= 4 is 23.2 Å². The van der Waals surface area contributed by atoms with E-state index in [-0.39, 0.29) is 5.38 Å². The van der Waals surface area contributed by atoms with E-state index in [1.54, 1.807) is 0 Å². The smallest absolute Gasteiger partial charge is 0.0438 e. The molecule has 0 fully saturated rings. The summed E-state index contributed by atoms with van der Waals surface area (Å²) in [4.78, 5) is 0. The molecule has 0 bridgehead atoms. The fraction of sp³-hybridized carbons (Fsp3) is 0.600. The van der Waals surface area contributed by atoms with Gasteiger partial charge in [0, 0.05) is 10.4 Å². The minimum absolute atomic E-state index is 0.219. The summed E-state index contributed by atoms with van der Waals surface area (Å²) in [6.45, 7) is 2.24. The molecule has 0 aromatic heterocycles. The fourth-order valence-electron chi connectivity index (χ4n) is 1.97. The topological polar surface area (TPSA) is 0 Å². The van der Waals surface area contributed by atoms with Crippen molar-refractivity contribution in [2.24, 2.45) is 0 Å². The van der Waals surface area contributed by atoms with Crippen molar-refractivity contribution in [3.63, 3.8) is 0 Å². The van der Waals surface area contributed by atoms with Crippen LogP contribution in [0.2, 0.25) is 5.02 Å². The van der Waals surface area contributed by atoms with Gasteiger partial charge < -0.3 is 0 Å². The summed E-state index contributed by atoms with van der Waals surface area (Å²) in [6, 6.07) is 7.97. The minimum Gasteiger partial charge on any atom is -0.123 e. The molecule has 0 aliphatic carbocycles. The van der Waals surface area contributed by atoms with E-state index < -0.39 is 0 Å². The predicted molar refractivity (Wildman–Crippen MR) is 78.2 cm³/mol. The van der Waals surface area contributed by atoms with Crippen LogP contribution in [0.1, 0.15) is 51.0 Å². The summed E-state index contributed by atoms with van der Waals surface area (Å²) in [5, 5.41) is 1.06. The molecule has 0 saturated carbocycles. The molecule has 1 unspecified atom stereocenters. The fourth-order valence-corrected chi connectivity index (χ4v) is 2.51. The van der Waals surface area contributed by atoms with E-state index in [9.17, 15) is 0 Å². The Bertz CT molecular complexity index is 310. The van der Waals surface area contributed by atoms with Crippen LogP contribution in [0.4, 0.5) is 0 Å². The van der Waals surface area contributed by atoms with Crippen LogP contribution in [0, 0.1) is 0 Å². The first-order valence-electron chi connectivity index (χ1n) is 6.61. The Morgan fingerprint density at radius 2 is 1.76 bits per heavy atom. The number of halogens is 2. The molecule has 0 aliphatic rings. The van der Waals surface area contributed by atoms with Crippen molar-refractivity contribution in [3.05, 3.63) is 34.9 Å². The zero-order valence-electron chi connectivity index (χ0n) is 10.6. The lowest BCUT2D eigenvalue weighted by molar-refractivity contribution is 0.593. The molecule has 0 saturated heterocycles. The molecule has 0 nitrogen and oxygen atoms in total. The lowest BCUT2D eigenvalue weighted by atomic mass is 10.0. The highest BCUT2D eigenvalue weighted by Crippen LogP contribution is 2.21. The Labute approximate surface area is 115 Å². The van der Waals surface area contributed by atoms with Crippen molar-refractivity contribution < 1.29 is 0 Å². The number of hydrogen-bond acceptors (Lipinski definition) is 0. The van der Waals surface area contributed by atoms with Crippen molar-refractivity contribution in [2.45, 2.75) is 57.2 Å². The Kier molecular flexibility index (Phi) is 7.72. The average molecular weight is 273 g/mol. The molecule has 96 valence electrons. The second kappa shape index (κ2) is 8.83. The van der Waals surface area contributed by atoms with Crippen molar-refractivity contribution in [3.8, 4) is 0 Å². The zero-order valence-corrected chi connectivity index (χ0v) is 12.1. The van der Waals surface area contributed by atoms with Crippen LogP contribution in [0.25, 0.3) is 0 Å². The first-order chi connectivity index (χ1) is 8.24. The van der Waals surface area contributed by atoms with E-state index in [2.05, 4.69) is 13.0 Å². The Morgan fingerprint density at radius 3 is 2.47 bits per heavy atom. The number of rotatable bonds is 8. The van der Waals surface area contributed by atoms with Crippen molar-refractivity contribution in [1.29, 1.82) is 0 Å². The van der Waals surface area contributed by atoms with Gasteiger partial charge in [-0.2, -0.15) is 0 Å². The molecular formula is C15H22Cl2. The quantitative estimate of drug-likeness (QED) is 0.411. The lowest BCUT2D eigenvalue weighted by Gasteiger charge is -2.10. The summed E-state index contributed by atoms with van der Waals surface area (Å²) in [7, 11) is 0. The van der Waals surface area contributed by atoms with Crippen LogP contribution in [0.3, 0.4) is 0 Å². The number of hydrogen-bond donors (Lipinski definition) is 0. The SMILES string of the molecule is CCCCCCCC(Cl)Cc1ccccc1Cl. The third-order valence-corrected chi connectivity index (χ3v) is 3.76. The van der Waals surface area contributed by atoms with E-state index in [1.165, 1.54) is 37.7 Å². The molecule has 1 aromatic carbocycles. The molecule has 0 N–H and O–H groups in total. The van der Waals surface area contributed by atoms with Gasteiger partial charge in [-0.25, -0.2) is 0 Å². The Hall–Kier alpha value is -0.200. The van der Waals surface area contributed by atoms with Gasteiger partial charge >= 0.3 is 0 Å². The molecule has 0 aliphatic heterocycles. The van der Waals surface area contributed by atoms with Crippen LogP contribution in [-0.2, 0) is 6.42 Å². The largest absolute Gasteiger partial charge is 0.123 e. The normalized spacial score (nSPS) is 12.6. The highest BCUT2D eigenvalue weighted by Gasteiger charge is 2.08. The van der Waals surface area contributed by atoms with Crippen LogP contribution in [0.15, 0.2) is 24.3 Å². The number of unbranched alkanes of at least 4 members (excludes halogenated alkanes) is 4. The molecule has 1 atom stereocenters. The van der Waals surface area contributed by atoms with E-state index in [0.717, 1.165) is 17.9 Å². The molecular weight excluding hydrogens is 251 g/mol. The van der Waals surface area contributed by atoms with Gasteiger partial charge in [-0.15, -0.1) is 11.6 Å². The molecule has 0 amide bonds. The van der Waals surface area contributed by atoms with Gasteiger partial charge in [-0.1, -0.05) is 68.8 Å². The van der Waals surface area contributed by atoms with Crippen molar-refractivity contribution in [2.75, 3.05) is 0 Å². The molecule has 0 radical (unpaired) electrons. The van der Waals surface area contributed by atoms with Gasteiger partial charge in [0.1, 0.15) is 0 Å². The summed E-state index contributed by atoms with van der Waals surface area (Å²) in [6.07, 6.45) is 8.50. The minimum atomic E-state index is 0.219. The summed E-state index contributed by atoms with van der Waals surface area (Å²) in [5.41, 5.74) is 1.17. The highest BCUT2D eigenvalue weighted by atomic mass is 35.5. The molecule has 1 rings (SSSR count). The average Bonchev–Trinajstić information content (AvgIpc) is 2.32. The predicted octanol–water partition coefficient (Wildman–Crippen LogP) is 5.85. The van der Waals surface area contributed by atoms with Crippen molar-refractivity contribution in [1.82, 2.24) is 0 Å². The van der Waals surface area contributed by atoms with E-state index >= 15 is 0 Å². The highest BCUT2D eigenvalue weighted by molar-refractivity contribution is 6.31. The van der Waals surface area contributed by atoms with E-state index in [0.29, 0.717) is 0 Å². The summed E-state index contributed by atoms with van der Waals surface area (Å²) in [5.74, 6) is 0. The standard InChI is InChI=1S/C15H22Cl2/c1-2-3-4-5-6-10-14(16)12-13-9-7-8-11-15(13)17/h7-9,11,14H,2-6,10,12H2,1H3. The monoisotopic (exact) mass is 272 g/mol. The molecule has 1 aromatic rings. The van der Waals surface area contributed by atoms with Crippen LogP contribution >= 0.6 is 23.2 Å². The summed E-state index contributed by atoms with van der Waals surface area (Å²) >= 11 is 12.5. The first-order valence-corrected chi connectivity index (χ1v) is 7.43. The van der Waals surface area contributed by atoms with Gasteiger partial charge in [-0.3, -0.25) is 0 Å². The van der Waals surface area contributed by atoms with E-state index in [4.69, 9.17) is 23.2 Å². The maximum atomic E-state index is 6.34. The van der Waals surface area contributed by atoms with Crippen LogP contribution in [-0.4, -0.2) is 5.38 Å². The third kappa shape index (κ3) is 6.33. The zero-order chi connectivity index (χ0) is 12.5. The first kappa shape index (κ1) is 14.9.